The van der Waals surface area contributed by atoms with Crippen molar-refractivity contribution in [3.8, 4) is 28.4 Å². The van der Waals surface area contributed by atoms with Crippen LogP contribution in [0.5, 0.6) is 0 Å². The van der Waals surface area contributed by atoms with Crippen molar-refractivity contribution in [1.29, 1.82) is 0 Å². The van der Waals surface area contributed by atoms with E-state index >= 15 is 0 Å². The Morgan fingerprint density at radius 2 is 0.597 bits per heavy atom. The molecule has 0 aliphatic carbocycles. The van der Waals surface area contributed by atoms with Crippen molar-refractivity contribution in [1.82, 2.24) is 90.4 Å². The van der Waals surface area contributed by atoms with Crippen LogP contribution >= 0.6 is 0 Å². The van der Waals surface area contributed by atoms with E-state index in [1.165, 1.54) is 60.7 Å². The monoisotopic (exact) mass is 1840 g/mol. The van der Waals surface area contributed by atoms with Crippen molar-refractivity contribution < 1.29 is 45.9 Å². The number of amides is 5. The predicted molar refractivity (Wildman–Crippen MR) is 526 cm³/mol. The third-order valence-electron chi connectivity index (χ3n) is 23.1. The number of benzene rings is 14. The molecule has 23 nitrogen and oxygen atoms in total. The zero-order valence-corrected chi connectivity index (χ0v) is 74.3. The maximum absolute atomic E-state index is 13.3. The van der Waals surface area contributed by atoms with E-state index in [1.54, 1.807) is 182 Å². The van der Waals surface area contributed by atoms with Crippen LogP contribution in [0.3, 0.4) is 0 Å². The molecule has 682 valence electrons. The molecule has 1 unspecified atom stereocenters. The van der Waals surface area contributed by atoms with Gasteiger partial charge in [-0.3, -0.25) is 38.9 Å². The smallest absolute Gasteiger partial charge is 0.252 e. The molecule has 0 aliphatic rings. The largest absolute Gasteiger partial charge is 0.348 e. The van der Waals surface area contributed by atoms with Crippen molar-refractivity contribution in [2.45, 2.75) is 39.1 Å². The van der Waals surface area contributed by atoms with E-state index in [0.717, 1.165) is 132 Å². The van der Waals surface area contributed by atoms with E-state index in [1.807, 2.05) is 153 Å². The highest BCUT2D eigenvalue weighted by Crippen LogP contribution is 2.32. The highest BCUT2D eigenvalue weighted by Gasteiger charge is 2.23. The highest BCUT2D eigenvalue weighted by atomic mass is 19.1. The molecule has 0 saturated carbocycles. The van der Waals surface area contributed by atoms with E-state index in [2.05, 4.69) is 103 Å². The highest BCUT2D eigenvalue weighted by molar-refractivity contribution is 6.10. The molecule has 0 fully saturated rings. The Morgan fingerprint density at radius 1 is 0.266 bits per heavy atom. The lowest BCUT2D eigenvalue weighted by Crippen LogP contribution is -2.26. The first-order valence-corrected chi connectivity index (χ1v) is 44.2. The van der Waals surface area contributed by atoms with Crippen LogP contribution in [-0.2, 0) is 26.2 Å². The number of nitrogens with zero attached hydrogens (tertiary/aromatic N) is 13. The van der Waals surface area contributed by atoms with Crippen LogP contribution in [0.15, 0.2) is 402 Å². The summed E-state index contributed by atoms with van der Waals surface area (Å²) in [6.07, 6.45) is 16.8. The molecule has 0 saturated heterocycles. The van der Waals surface area contributed by atoms with Gasteiger partial charge in [0.15, 0.2) is 0 Å². The summed E-state index contributed by atoms with van der Waals surface area (Å²) in [4.78, 5) is 76.1. The third-order valence-corrected chi connectivity index (χ3v) is 23.1. The molecule has 0 bridgehead atoms. The number of hydrogen-bond acceptors (Lipinski definition) is 13. The predicted octanol–water partition coefficient (Wildman–Crippen LogP) is 21.5. The number of aromatic nitrogens is 13. The van der Waals surface area contributed by atoms with Gasteiger partial charge < -0.3 is 26.6 Å². The van der Waals surface area contributed by atoms with Gasteiger partial charge >= 0.3 is 0 Å². The Bertz CT molecular complexity index is 7750. The second kappa shape index (κ2) is 42.1. The third kappa shape index (κ3) is 20.9. The number of pyridine rings is 3. The van der Waals surface area contributed by atoms with Crippen molar-refractivity contribution >= 4 is 106 Å². The van der Waals surface area contributed by atoms with Gasteiger partial charge in [0.2, 0.25) is 0 Å². The molecule has 5 N–H and O–H groups in total. The van der Waals surface area contributed by atoms with Crippen LogP contribution in [0.2, 0.25) is 0 Å². The fraction of sp³-hybridized carbons (Fsp3) is 0.0541. The molecule has 28 heteroatoms. The quantitative estimate of drug-likeness (QED) is 0.0445. The molecule has 14 aromatic carbocycles. The minimum Gasteiger partial charge on any atom is -0.348 e. The Balaban J connectivity index is 0.000000115. The molecule has 0 spiro atoms. The lowest BCUT2D eigenvalue weighted by Gasteiger charge is -2.17. The minimum atomic E-state index is -0.306. The van der Waals surface area contributed by atoms with Crippen molar-refractivity contribution in [2.24, 2.45) is 0 Å². The van der Waals surface area contributed by atoms with Crippen LogP contribution in [-0.4, -0.2) is 93.4 Å². The van der Waals surface area contributed by atoms with Crippen LogP contribution in [0.1, 0.15) is 92.7 Å². The average molecular weight is 1840 g/mol. The van der Waals surface area contributed by atoms with Crippen LogP contribution < -0.4 is 26.6 Å². The van der Waals surface area contributed by atoms with Crippen LogP contribution in [0.4, 0.5) is 22.0 Å². The molecular formula is C111H83F5N18O5. The molecule has 1 atom stereocenters. The van der Waals surface area contributed by atoms with E-state index in [4.69, 9.17) is 0 Å². The van der Waals surface area contributed by atoms with Gasteiger partial charge in [-0.1, -0.05) is 127 Å². The number of rotatable bonds is 20. The summed E-state index contributed by atoms with van der Waals surface area (Å²) in [5.41, 5.74) is 15.1. The topological polar surface area (TPSA) is 273 Å². The van der Waals surface area contributed by atoms with Gasteiger partial charge in [0.1, 0.15) is 29.1 Å². The summed E-state index contributed by atoms with van der Waals surface area (Å²) in [6, 6.07) is 99.1. The van der Waals surface area contributed by atoms with Crippen LogP contribution in [0.25, 0.3) is 104 Å². The number of carbonyl (C=O) groups is 5. The number of hydrogen-bond donors (Lipinski definition) is 5. The van der Waals surface area contributed by atoms with Crippen LogP contribution in [0, 0.1) is 29.1 Å². The normalized spacial score (nSPS) is 11.2. The van der Waals surface area contributed by atoms with Gasteiger partial charge in [0.25, 0.3) is 29.5 Å². The Hall–Kier alpha value is -18.6. The fourth-order valence-electron chi connectivity index (χ4n) is 16.2. The maximum atomic E-state index is 13.3. The van der Waals surface area contributed by atoms with Gasteiger partial charge in [-0.05, 0) is 263 Å². The molecular weight excluding hydrogens is 1760 g/mol. The minimum absolute atomic E-state index is 0.160. The second-order valence-electron chi connectivity index (χ2n) is 32.0. The van der Waals surface area contributed by atoms with Gasteiger partial charge in [-0.2, -0.15) is 25.5 Å². The Labute approximate surface area is 791 Å². The number of fused-ring (bicyclic) bond motifs is 7. The van der Waals surface area contributed by atoms with Crippen molar-refractivity contribution in [3.63, 3.8) is 0 Å². The molecule has 22 aromatic rings. The second-order valence-corrected chi connectivity index (χ2v) is 32.0. The SMILES string of the molecule is CC(NC(=O)c1cccc2c1cnn2-c1ccc(F)cc1)c1cccc2ccccc12.O=C(NCc1cccc2ccccc12)c1cccc2c1cnn2-c1ccc(F)cc1.O=C(NCc1ccccn1)c1cccc2c1cnn2-c1ccc(F)cc1.O=C(NCc1cccnc1)c1cccc2c1cnn2-c1ccc(F)cc1.O=C(NCc1ccncc1)c1cccc2c1cnn2-c1ccc(F)cc1. The summed E-state index contributed by atoms with van der Waals surface area (Å²) in [7, 11) is 0. The number of carbonyl (C=O) groups excluding carboxylic acids is 5. The lowest BCUT2D eigenvalue weighted by molar-refractivity contribution is 0.0935. The maximum Gasteiger partial charge on any atom is 0.252 e. The summed E-state index contributed by atoms with van der Waals surface area (Å²) in [5.74, 6) is -2.39. The Morgan fingerprint density at radius 3 is 0.978 bits per heavy atom. The van der Waals surface area contributed by atoms with E-state index < -0.39 is 0 Å². The molecule has 0 aliphatic heterocycles. The number of halogens is 5. The molecule has 8 heterocycles. The van der Waals surface area contributed by atoms with Gasteiger partial charge in [0.05, 0.1) is 133 Å². The summed E-state index contributed by atoms with van der Waals surface area (Å²) >= 11 is 0. The van der Waals surface area contributed by atoms with E-state index in [-0.39, 0.29) is 64.7 Å². The first-order chi connectivity index (χ1) is 68.0. The van der Waals surface area contributed by atoms with Gasteiger partial charge in [-0.25, -0.2) is 45.4 Å². The summed E-state index contributed by atoms with van der Waals surface area (Å²) in [6.45, 7) is 3.59. The standard InChI is InChI=1S/C26H20FN3O.C25H18FN3O.3C20H15FN4O/c1-17(21-9-4-7-18-6-2-3-8-22(18)21)29-26(31)23-10-5-11-25-24(23)16-28-30(25)20-14-12-19(27)13-15-20;26-19-11-13-20(14-12-19)29-24-10-4-9-22(23(24)16-28-29)25(30)27-15-18-7-3-6-17-5-1-2-8-21(17)18;21-15-6-8-16(9-7-15)25-19-5-1-4-17(18(19)13-24-25)20(26)23-12-14-3-2-10-22-11-14;21-14-7-9-16(10-8-14)25-19-6-3-5-17(18(19)13-24-25)20(26)23-12-15-4-1-2-11-22-15;21-15-4-6-16(7-5-15)25-19-3-1-2-17(18(19)13-24-25)20(26)23-12-14-8-10-22-11-9-14/h2-17H,1H3,(H,29,31);1-14,16H,15H2,(H,27,30);3*1-11,13H,12H2,(H,23,26). The summed E-state index contributed by atoms with van der Waals surface area (Å²) < 4.78 is 74.5. The lowest BCUT2D eigenvalue weighted by atomic mass is 9.99. The first-order valence-electron chi connectivity index (χ1n) is 44.2. The van der Waals surface area contributed by atoms with E-state index in [0.29, 0.717) is 54.0 Å². The molecule has 5 amide bonds. The summed E-state index contributed by atoms with van der Waals surface area (Å²) in [5, 5.41) is 45.0. The first kappa shape index (κ1) is 90.9. The number of nitrogens with one attached hydrogen (secondary N) is 5. The zero-order chi connectivity index (χ0) is 95.7. The fourth-order valence-corrected chi connectivity index (χ4v) is 16.2. The van der Waals surface area contributed by atoms with E-state index in [9.17, 15) is 45.9 Å². The zero-order valence-electron chi connectivity index (χ0n) is 74.3. The molecule has 22 rings (SSSR count). The van der Waals surface area contributed by atoms with Gasteiger partial charge in [-0.15, -0.1) is 0 Å². The molecule has 0 radical (unpaired) electrons. The molecule has 8 aromatic heterocycles. The Kier molecular flexibility index (Phi) is 27.5. The van der Waals surface area contributed by atoms with Crippen molar-refractivity contribution in [3.05, 3.63) is 487 Å². The van der Waals surface area contributed by atoms with Crippen molar-refractivity contribution in [2.75, 3.05) is 0 Å². The molecule has 139 heavy (non-hydrogen) atoms. The van der Waals surface area contributed by atoms with Gasteiger partial charge in [0, 0.05) is 77.5 Å². The average Bonchev–Trinajstić information content (AvgIpc) is 1.67.